The summed E-state index contributed by atoms with van der Waals surface area (Å²) >= 11 is 0. The summed E-state index contributed by atoms with van der Waals surface area (Å²) in [5, 5.41) is 8.88. The number of ether oxygens (including phenoxy) is 1. The fourth-order valence-electron chi connectivity index (χ4n) is 2.69. The van der Waals surface area contributed by atoms with Gasteiger partial charge in [-0.2, -0.15) is 0 Å². The van der Waals surface area contributed by atoms with E-state index in [9.17, 15) is 0 Å². The number of nitrogens with zero attached hydrogens (tertiary/aromatic N) is 1. The van der Waals surface area contributed by atoms with Gasteiger partial charge in [0.15, 0.2) is 0 Å². The molecule has 0 saturated carbocycles. The van der Waals surface area contributed by atoms with Crippen LogP contribution >= 0.6 is 0 Å². The van der Waals surface area contributed by atoms with Crippen LogP contribution in [0, 0.1) is 13.8 Å². The molecule has 0 aromatic heterocycles. The number of hydrogen-bond donors (Lipinski definition) is 1. The molecule has 0 saturated heterocycles. The van der Waals surface area contributed by atoms with Crippen LogP contribution in [0.4, 0.5) is 17.1 Å². The van der Waals surface area contributed by atoms with Gasteiger partial charge in [-0.25, -0.2) is 0 Å². The highest BCUT2D eigenvalue weighted by molar-refractivity contribution is 5.76. The lowest BCUT2D eigenvalue weighted by atomic mass is 10.1. The average Bonchev–Trinajstić information content (AvgIpc) is 2.64. The smallest absolute Gasteiger partial charge is 0.119 e. The van der Waals surface area contributed by atoms with E-state index in [1.807, 2.05) is 24.3 Å². The van der Waals surface area contributed by atoms with Crippen molar-refractivity contribution >= 4 is 17.1 Å². The SMILES string of the molecule is Cc1ccc(N(c2ccc(C)cc2)c2ccc(OCCO)cc2)cc1. The summed E-state index contributed by atoms with van der Waals surface area (Å²) in [6, 6.07) is 24.9. The second-order valence-corrected chi connectivity index (χ2v) is 6.07. The van der Waals surface area contributed by atoms with Gasteiger partial charge in [0.05, 0.1) is 6.61 Å². The molecule has 25 heavy (non-hydrogen) atoms. The summed E-state index contributed by atoms with van der Waals surface area (Å²) in [5.74, 6) is 0.755. The van der Waals surface area contributed by atoms with Crippen LogP contribution in [0.1, 0.15) is 11.1 Å². The van der Waals surface area contributed by atoms with Gasteiger partial charge in [0.1, 0.15) is 12.4 Å². The highest BCUT2D eigenvalue weighted by Gasteiger charge is 2.12. The molecule has 0 unspecified atom stereocenters. The summed E-state index contributed by atoms with van der Waals surface area (Å²) in [6.45, 7) is 4.50. The molecule has 0 fully saturated rings. The van der Waals surface area contributed by atoms with E-state index in [4.69, 9.17) is 9.84 Å². The van der Waals surface area contributed by atoms with Crippen molar-refractivity contribution in [3.8, 4) is 5.75 Å². The molecule has 0 aliphatic carbocycles. The zero-order valence-electron chi connectivity index (χ0n) is 14.6. The number of aryl methyl sites for hydroxylation is 2. The van der Waals surface area contributed by atoms with Crippen molar-refractivity contribution in [2.75, 3.05) is 18.1 Å². The Bertz CT molecular complexity index is 747. The van der Waals surface area contributed by atoms with Crippen LogP contribution in [0.2, 0.25) is 0 Å². The number of aliphatic hydroxyl groups excluding tert-OH is 1. The molecular weight excluding hydrogens is 310 g/mol. The second-order valence-electron chi connectivity index (χ2n) is 6.07. The predicted octanol–water partition coefficient (Wildman–Crippen LogP) is 5.14. The van der Waals surface area contributed by atoms with Gasteiger partial charge in [0, 0.05) is 17.1 Å². The Kier molecular flexibility index (Phi) is 5.36. The van der Waals surface area contributed by atoms with Crippen molar-refractivity contribution in [2.24, 2.45) is 0 Å². The molecular formula is C22H23NO2. The van der Waals surface area contributed by atoms with Crippen LogP contribution in [0.15, 0.2) is 72.8 Å². The van der Waals surface area contributed by atoms with Gasteiger partial charge in [-0.05, 0) is 62.4 Å². The summed E-state index contributed by atoms with van der Waals surface area (Å²) in [7, 11) is 0. The lowest BCUT2D eigenvalue weighted by molar-refractivity contribution is 0.201. The maximum absolute atomic E-state index is 8.88. The summed E-state index contributed by atoms with van der Waals surface area (Å²) in [5.41, 5.74) is 5.75. The van der Waals surface area contributed by atoms with E-state index in [0.717, 1.165) is 22.8 Å². The molecule has 3 heteroatoms. The van der Waals surface area contributed by atoms with Gasteiger partial charge < -0.3 is 14.7 Å². The van der Waals surface area contributed by atoms with Gasteiger partial charge in [-0.1, -0.05) is 35.4 Å². The lowest BCUT2D eigenvalue weighted by Crippen LogP contribution is -2.10. The fraction of sp³-hybridized carbons (Fsp3) is 0.182. The van der Waals surface area contributed by atoms with Gasteiger partial charge in [0.2, 0.25) is 0 Å². The van der Waals surface area contributed by atoms with Crippen molar-refractivity contribution in [1.29, 1.82) is 0 Å². The van der Waals surface area contributed by atoms with E-state index in [-0.39, 0.29) is 6.61 Å². The number of aliphatic hydroxyl groups is 1. The number of hydrogen-bond acceptors (Lipinski definition) is 3. The highest BCUT2D eigenvalue weighted by atomic mass is 16.5. The quantitative estimate of drug-likeness (QED) is 0.677. The third-order valence-corrected chi connectivity index (χ3v) is 4.04. The molecule has 0 atom stereocenters. The first-order chi connectivity index (χ1) is 12.2. The zero-order chi connectivity index (χ0) is 17.6. The third kappa shape index (κ3) is 4.20. The first kappa shape index (κ1) is 17.1. The van der Waals surface area contributed by atoms with Gasteiger partial charge in [-0.3, -0.25) is 0 Å². The minimum absolute atomic E-state index is 0.0145. The molecule has 3 rings (SSSR count). The van der Waals surface area contributed by atoms with Crippen molar-refractivity contribution in [3.63, 3.8) is 0 Å². The molecule has 128 valence electrons. The predicted molar refractivity (Wildman–Crippen MR) is 103 cm³/mol. The van der Waals surface area contributed by atoms with Gasteiger partial charge >= 0.3 is 0 Å². The molecule has 0 bridgehead atoms. The Hall–Kier alpha value is -2.78. The monoisotopic (exact) mass is 333 g/mol. The molecule has 1 N–H and O–H groups in total. The third-order valence-electron chi connectivity index (χ3n) is 4.04. The van der Waals surface area contributed by atoms with Crippen LogP contribution in [0.25, 0.3) is 0 Å². The number of rotatable bonds is 6. The molecule has 0 aliphatic rings. The standard InChI is InChI=1S/C22H23NO2/c1-17-3-7-19(8-4-17)23(20-9-5-18(2)6-10-20)21-11-13-22(14-12-21)25-16-15-24/h3-14,24H,15-16H2,1-2H3. The van der Waals surface area contributed by atoms with Crippen LogP contribution < -0.4 is 9.64 Å². The Morgan fingerprint density at radius 3 is 1.48 bits per heavy atom. The maximum Gasteiger partial charge on any atom is 0.119 e. The molecule has 0 spiro atoms. The fourth-order valence-corrected chi connectivity index (χ4v) is 2.69. The summed E-state index contributed by atoms with van der Waals surface area (Å²) in [4.78, 5) is 2.22. The molecule has 0 heterocycles. The van der Waals surface area contributed by atoms with Gasteiger partial charge in [0.25, 0.3) is 0 Å². The molecule has 3 aromatic carbocycles. The Labute approximate surface area is 149 Å². The van der Waals surface area contributed by atoms with Crippen LogP contribution in [-0.2, 0) is 0 Å². The Morgan fingerprint density at radius 2 is 1.08 bits per heavy atom. The number of benzene rings is 3. The van der Waals surface area contributed by atoms with E-state index in [1.54, 1.807) is 0 Å². The molecule has 3 nitrogen and oxygen atoms in total. The maximum atomic E-state index is 8.88. The second kappa shape index (κ2) is 7.86. The van der Waals surface area contributed by atoms with Crippen LogP contribution in [-0.4, -0.2) is 18.3 Å². The van der Waals surface area contributed by atoms with Crippen molar-refractivity contribution in [1.82, 2.24) is 0 Å². The van der Waals surface area contributed by atoms with E-state index < -0.39 is 0 Å². The average molecular weight is 333 g/mol. The highest BCUT2D eigenvalue weighted by Crippen LogP contribution is 2.35. The minimum atomic E-state index is 0.0145. The molecule has 0 radical (unpaired) electrons. The minimum Gasteiger partial charge on any atom is -0.491 e. The van der Waals surface area contributed by atoms with Crippen molar-refractivity contribution < 1.29 is 9.84 Å². The Morgan fingerprint density at radius 1 is 0.680 bits per heavy atom. The summed E-state index contributed by atoms with van der Waals surface area (Å²) < 4.78 is 5.46. The first-order valence-electron chi connectivity index (χ1n) is 8.44. The van der Waals surface area contributed by atoms with Crippen molar-refractivity contribution in [2.45, 2.75) is 13.8 Å². The summed E-state index contributed by atoms with van der Waals surface area (Å²) in [6.07, 6.45) is 0. The van der Waals surface area contributed by atoms with Crippen LogP contribution in [0.3, 0.4) is 0 Å². The van der Waals surface area contributed by atoms with E-state index in [0.29, 0.717) is 6.61 Å². The first-order valence-corrected chi connectivity index (χ1v) is 8.44. The number of anilines is 3. The normalized spacial score (nSPS) is 10.5. The largest absolute Gasteiger partial charge is 0.491 e. The van der Waals surface area contributed by atoms with Crippen LogP contribution in [0.5, 0.6) is 5.75 Å². The Balaban J connectivity index is 1.98. The lowest BCUT2D eigenvalue weighted by Gasteiger charge is -2.26. The van der Waals surface area contributed by atoms with E-state index in [1.165, 1.54) is 11.1 Å². The molecule has 3 aromatic rings. The van der Waals surface area contributed by atoms with E-state index in [2.05, 4.69) is 67.3 Å². The topological polar surface area (TPSA) is 32.7 Å². The zero-order valence-corrected chi connectivity index (χ0v) is 14.6. The van der Waals surface area contributed by atoms with E-state index >= 15 is 0 Å². The van der Waals surface area contributed by atoms with Crippen molar-refractivity contribution in [3.05, 3.63) is 83.9 Å². The molecule has 0 aliphatic heterocycles. The van der Waals surface area contributed by atoms with Gasteiger partial charge in [-0.15, -0.1) is 0 Å². The molecule has 0 amide bonds.